The molecule has 2 rings (SSSR count). The highest BCUT2D eigenvalue weighted by atomic mass is 16.5. The van der Waals surface area contributed by atoms with Gasteiger partial charge >= 0.3 is 5.97 Å². The first kappa shape index (κ1) is 12.9. The van der Waals surface area contributed by atoms with Crippen molar-refractivity contribution in [3.8, 4) is 5.75 Å². The van der Waals surface area contributed by atoms with Crippen LogP contribution < -0.4 is 10.5 Å². The minimum atomic E-state index is -0.995. The number of carboxylic acids is 1. The zero-order chi connectivity index (χ0) is 13.3. The largest absolute Gasteiger partial charge is 0.493 e. The summed E-state index contributed by atoms with van der Waals surface area (Å²) < 4.78 is 5.44. The van der Waals surface area contributed by atoms with E-state index >= 15 is 0 Å². The van der Waals surface area contributed by atoms with Gasteiger partial charge in [0, 0.05) is 6.42 Å². The number of hydrogen-bond acceptors (Lipinski definition) is 4. The van der Waals surface area contributed by atoms with Crippen molar-refractivity contribution in [3.05, 3.63) is 29.3 Å². The average molecular weight is 250 g/mol. The third-order valence-corrected chi connectivity index (χ3v) is 3.24. The molecule has 18 heavy (non-hydrogen) atoms. The molecule has 1 aromatic carbocycles. The Morgan fingerprint density at radius 3 is 2.83 bits per heavy atom. The van der Waals surface area contributed by atoms with Gasteiger partial charge in [0.2, 0.25) is 0 Å². The maximum atomic E-state index is 11.1. The van der Waals surface area contributed by atoms with E-state index < -0.39 is 12.0 Å². The number of nitrogens with zero attached hydrogens (tertiary/aromatic N) is 1. The first-order valence-electron chi connectivity index (χ1n) is 5.91. The van der Waals surface area contributed by atoms with Crippen LogP contribution >= 0.6 is 0 Å². The Morgan fingerprint density at radius 1 is 1.50 bits per heavy atom. The lowest BCUT2D eigenvalue weighted by atomic mass is 9.96. The summed E-state index contributed by atoms with van der Waals surface area (Å²) in [7, 11) is 3.66. The van der Waals surface area contributed by atoms with Crippen LogP contribution in [0.2, 0.25) is 0 Å². The van der Waals surface area contributed by atoms with Crippen molar-refractivity contribution >= 4 is 5.97 Å². The van der Waals surface area contributed by atoms with E-state index in [0.717, 1.165) is 23.3 Å². The monoisotopic (exact) mass is 250 g/mol. The van der Waals surface area contributed by atoms with Crippen LogP contribution in [0, 0.1) is 0 Å². The Bertz CT molecular complexity index is 460. The maximum absolute atomic E-state index is 11.1. The molecule has 1 aliphatic heterocycles. The molecule has 2 atom stereocenters. The van der Waals surface area contributed by atoms with Crippen LogP contribution in [-0.4, -0.2) is 42.7 Å². The van der Waals surface area contributed by atoms with Crippen molar-refractivity contribution in [2.24, 2.45) is 5.73 Å². The molecule has 1 aliphatic rings. The number of likely N-dealkylation sites (N-methyl/N-ethyl adjacent to an activating group) is 1. The van der Waals surface area contributed by atoms with Gasteiger partial charge in [-0.05, 0) is 31.3 Å². The first-order valence-corrected chi connectivity index (χ1v) is 5.91. The Balaban J connectivity index is 2.34. The summed E-state index contributed by atoms with van der Waals surface area (Å²) in [6, 6.07) is 4.49. The summed E-state index contributed by atoms with van der Waals surface area (Å²) in [6.45, 7) is 0.691. The molecule has 5 heteroatoms. The summed E-state index contributed by atoms with van der Waals surface area (Å²) in [6.07, 6.45) is 0.867. The summed E-state index contributed by atoms with van der Waals surface area (Å²) in [5.41, 5.74) is 7.80. The van der Waals surface area contributed by atoms with Gasteiger partial charge < -0.3 is 20.5 Å². The molecule has 0 aliphatic carbocycles. The molecule has 98 valence electrons. The predicted octanol–water partition coefficient (Wildman–Crippen LogP) is 0.636. The molecule has 0 spiro atoms. The number of ether oxygens (including phenoxy) is 1. The number of benzene rings is 1. The van der Waals surface area contributed by atoms with E-state index in [4.69, 9.17) is 15.6 Å². The SMILES string of the molecule is CN(C)C(c1ccc2c(c1)CCO2)C(N)C(=O)O. The van der Waals surface area contributed by atoms with Crippen LogP contribution in [0.3, 0.4) is 0 Å². The quantitative estimate of drug-likeness (QED) is 0.820. The van der Waals surface area contributed by atoms with Gasteiger partial charge in [-0.15, -0.1) is 0 Å². The molecule has 0 saturated carbocycles. The van der Waals surface area contributed by atoms with Crippen LogP contribution in [0.15, 0.2) is 18.2 Å². The van der Waals surface area contributed by atoms with Crippen LogP contribution in [0.1, 0.15) is 17.2 Å². The lowest BCUT2D eigenvalue weighted by Gasteiger charge is -2.28. The minimum Gasteiger partial charge on any atom is -0.493 e. The summed E-state index contributed by atoms with van der Waals surface area (Å²) in [4.78, 5) is 12.9. The number of nitrogens with two attached hydrogens (primary N) is 1. The normalized spacial score (nSPS) is 17.1. The van der Waals surface area contributed by atoms with Crippen molar-refractivity contribution in [3.63, 3.8) is 0 Å². The maximum Gasteiger partial charge on any atom is 0.322 e. The second-order valence-corrected chi connectivity index (χ2v) is 4.74. The Morgan fingerprint density at radius 2 is 2.22 bits per heavy atom. The zero-order valence-electron chi connectivity index (χ0n) is 10.6. The van der Waals surface area contributed by atoms with Crippen molar-refractivity contribution in [2.45, 2.75) is 18.5 Å². The highest BCUT2D eigenvalue weighted by Gasteiger charge is 2.28. The predicted molar refractivity (Wildman–Crippen MR) is 67.7 cm³/mol. The molecule has 1 aromatic rings. The van der Waals surface area contributed by atoms with Gasteiger partial charge in [0.25, 0.3) is 0 Å². The van der Waals surface area contributed by atoms with E-state index in [9.17, 15) is 4.79 Å². The lowest BCUT2D eigenvalue weighted by molar-refractivity contribution is -0.140. The van der Waals surface area contributed by atoms with E-state index in [-0.39, 0.29) is 6.04 Å². The second kappa shape index (κ2) is 4.96. The zero-order valence-corrected chi connectivity index (χ0v) is 10.6. The van der Waals surface area contributed by atoms with Crippen molar-refractivity contribution in [1.29, 1.82) is 0 Å². The highest BCUT2D eigenvalue weighted by molar-refractivity contribution is 5.74. The van der Waals surface area contributed by atoms with Crippen LogP contribution in [0.5, 0.6) is 5.75 Å². The molecule has 0 bridgehead atoms. The van der Waals surface area contributed by atoms with Crippen LogP contribution in [-0.2, 0) is 11.2 Å². The molecule has 0 radical (unpaired) electrons. The van der Waals surface area contributed by atoms with Crippen LogP contribution in [0.25, 0.3) is 0 Å². The number of carboxylic acid groups (broad SMARTS) is 1. The molecule has 0 fully saturated rings. The van der Waals surface area contributed by atoms with Gasteiger partial charge in [-0.2, -0.15) is 0 Å². The van der Waals surface area contributed by atoms with Gasteiger partial charge in [0.05, 0.1) is 12.6 Å². The molecule has 3 N–H and O–H groups in total. The topological polar surface area (TPSA) is 75.8 Å². The molecular formula is C13H18N2O3. The average Bonchev–Trinajstić information content (AvgIpc) is 2.75. The second-order valence-electron chi connectivity index (χ2n) is 4.74. The van der Waals surface area contributed by atoms with Gasteiger partial charge in [-0.25, -0.2) is 0 Å². The summed E-state index contributed by atoms with van der Waals surface area (Å²) >= 11 is 0. The number of carbonyl (C=O) groups is 1. The molecule has 2 unspecified atom stereocenters. The van der Waals surface area contributed by atoms with E-state index in [1.54, 1.807) is 0 Å². The molecule has 0 amide bonds. The van der Waals surface area contributed by atoms with E-state index in [1.165, 1.54) is 0 Å². The minimum absolute atomic E-state index is 0.339. The van der Waals surface area contributed by atoms with E-state index in [0.29, 0.717) is 6.61 Å². The smallest absolute Gasteiger partial charge is 0.322 e. The Hall–Kier alpha value is -1.59. The third kappa shape index (κ3) is 2.32. The molecule has 0 saturated heterocycles. The van der Waals surface area contributed by atoms with Gasteiger partial charge in [0.1, 0.15) is 11.8 Å². The number of aliphatic carboxylic acids is 1. The molecule has 0 aromatic heterocycles. The van der Waals surface area contributed by atoms with Gasteiger partial charge in [0.15, 0.2) is 0 Å². The summed E-state index contributed by atoms with van der Waals surface area (Å²) in [5, 5.41) is 9.08. The Kier molecular flexibility index (Phi) is 3.54. The van der Waals surface area contributed by atoms with Gasteiger partial charge in [-0.3, -0.25) is 4.79 Å². The molecular weight excluding hydrogens is 232 g/mol. The van der Waals surface area contributed by atoms with E-state index in [2.05, 4.69) is 0 Å². The highest BCUT2D eigenvalue weighted by Crippen LogP contribution is 2.30. The third-order valence-electron chi connectivity index (χ3n) is 3.24. The van der Waals surface area contributed by atoms with Crippen molar-refractivity contribution in [1.82, 2.24) is 4.90 Å². The standard InChI is InChI=1S/C13H18N2O3/c1-15(2)12(11(14)13(16)17)9-3-4-10-8(7-9)5-6-18-10/h3-4,7,11-12H,5-6,14H2,1-2H3,(H,16,17). The van der Waals surface area contributed by atoms with Crippen molar-refractivity contribution < 1.29 is 14.6 Å². The van der Waals surface area contributed by atoms with Gasteiger partial charge in [-0.1, -0.05) is 12.1 Å². The number of hydrogen-bond donors (Lipinski definition) is 2. The van der Waals surface area contributed by atoms with Crippen LogP contribution in [0.4, 0.5) is 0 Å². The summed E-state index contributed by atoms with van der Waals surface area (Å²) in [5.74, 6) is -0.106. The fourth-order valence-electron chi connectivity index (χ4n) is 2.35. The fourth-order valence-corrected chi connectivity index (χ4v) is 2.35. The Labute approximate surface area is 106 Å². The van der Waals surface area contributed by atoms with E-state index in [1.807, 2.05) is 37.2 Å². The molecule has 5 nitrogen and oxygen atoms in total. The van der Waals surface area contributed by atoms with Crippen molar-refractivity contribution in [2.75, 3.05) is 20.7 Å². The number of rotatable bonds is 4. The lowest BCUT2D eigenvalue weighted by Crippen LogP contribution is -2.43. The fraction of sp³-hybridized carbons (Fsp3) is 0.462. The first-order chi connectivity index (χ1) is 8.50. The number of fused-ring (bicyclic) bond motifs is 1. The molecule has 1 heterocycles.